The summed E-state index contributed by atoms with van der Waals surface area (Å²) in [4.78, 5) is 0. The minimum atomic E-state index is 0.511. The van der Waals surface area contributed by atoms with Gasteiger partial charge in [0.1, 0.15) is 0 Å². The fourth-order valence-corrected chi connectivity index (χ4v) is 1.45. The van der Waals surface area contributed by atoms with Crippen molar-refractivity contribution >= 4 is 0 Å². The topological polar surface area (TPSA) is 0 Å². The lowest BCUT2D eigenvalue weighted by Gasteiger charge is -1.94. The molecule has 0 aromatic heterocycles. The summed E-state index contributed by atoms with van der Waals surface area (Å²) in [6, 6.07) is 10.5. The van der Waals surface area contributed by atoms with Crippen molar-refractivity contribution in [1.82, 2.24) is 0 Å². The molecule has 2 rings (SSSR count). The van der Waals surface area contributed by atoms with E-state index in [0.717, 1.165) is 0 Å². The zero-order chi connectivity index (χ0) is 7.68. The number of rotatable bonds is 1. The summed E-state index contributed by atoms with van der Waals surface area (Å²) < 4.78 is 0. The Bertz CT molecular complexity index is 279. The fourth-order valence-electron chi connectivity index (χ4n) is 1.45. The first-order valence-electron chi connectivity index (χ1n) is 3.93. The average Bonchev–Trinajstić information content (AvgIpc) is 2.85. The standard InChI is InChI=1S/C11H10/c1-2-9-8-11(9)10-6-4-3-5-7-10/h1,3-7,9,11H,8H2/t9-,11-/m1/s1. The largest absolute Gasteiger partial charge is 0.120 e. The Morgan fingerprint density at radius 3 is 2.55 bits per heavy atom. The summed E-state index contributed by atoms with van der Waals surface area (Å²) in [5, 5.41) is 0. The highest BCUT2D eigenvalue weighted by Gasteiger charge is 2.36. The van der Waals surface area contributed by atoms with E-state index in [0.29, 0.717) is 11.8 Å². The molecular weight excluding hydrogens is 132 g/mol. The molecule has 1 aromatic carbocycles. The zero-order valence-electron chi connectivity index (χ0n) is 6.33. The number of terminal acetylenes is 1. The van der Waals surface area contributed by atoms with Gasteiger partial charge in [-0.15, -0.1) is 12.3 Å². The Morgan fingerprint density at radius 2 is 2.00 bits per heavy atom. The van der Waals surface area contributed by atoms with Gasteiger partial charge in [0.25, 0.3) is 0 Å². The maximum atomic E-state index is 5.31. The van der Waals surface area contributed by atoms with E-state index in [4.69, 9.17) is 6.42 Å². The van der Waals surface area contributed by atoms with Crippen LogP contribution in [0.5, 0.6) is 0 Å². The molecule has 2 atom stereocenters. The first-order valence-corrected chi connectivity index (χ1v) is 3.93. The van der Waals surface area contributed by atoms with Gasteiger partial charge in [0.2, 0.25) is 0 Å². The summed E-state index contributed by atoms with van der Waals surface area (Å²) in [5.74, 6) is 3.95. The second-order valence-electron chi connectivity index (χ2n) is 3.03. The molecular formula is C11H10. The minimum Gasteiger partial charge on any atom is -0.120 e. The van der Waals surface area contributed by atoms with Gasteiger partial charge in [-0.25, -0.2) is 0 Å². The summed E-state index contributed by atoms with van der Waals surface area (Å²) in [6.45, 7) is 0. The molecule has 0 aliphatic heterocycles. The highest BCUT2D eigenvalue weighted by molar-refractivity contribution is 5.29. The number of hydrogen-bond acceptors (Lipinski definition) is 0. The zero-order valence-corrected chi connectivity index (χ0v) is 6.33. The van der Waals surface area contributed by atoms with Crippen molar-refractivity contribution in [1.29, 1.82) is 0 Å². The SMILES string of the molecule is C#C[C@@H]1C[C@H]1c1ccccc1. The van der Waals surface area contributed by atoms with E-state index in [2.05, 4.69) is 30.2 Å². The van der Waals surface area contributed by atoms with Gasteiger partial charge in [0, 0.05) is 5.92 Å². The van der Waals surface area contributed by atoms with Crippen LogP contribution in [0, 0.1) is 18.3 Å². The van der Waals surface area contributed by atoms with Crippen LogP contribution in [0.2, 0.25) is 0 Å². The van der Waals surface area contributed by atoms with Gasteiger partial charge < -0.3 is 0 Å². The Kier molecular flexibility index (Phi) is 1.43. The van der Waals surface area contributed by atoms with Crippen LogP contribution in [0.4, 0.5) is 0 Å². The summed E-state index contributed by atoms with van der Waals surface area (Å²) in [5.41, 5.74) is 1.40. The van der Waals surface area contributed by atoms with Gasteiger partial charge in [-0.1, -0.05) is 30.3 Å². The highest BCUT2D eigenvalue weighted by atomic mass is 14.4. The Hall–Kier alpha value is -1.22. The van der Waals surface area contributed by atoms with E-state index < -0.39 is 0 Å². The van der Waals surface area contributed by atoms with E-state index in [1.807, 2.05) is 6.07 Å². The molecule has 0 radical (unpaired) electrons. The minimum absolute atomic E-state index is 0.511. The molecule has 1 aliphatic carbocycles. The molecule has 0 unspecified atom stereocenters. The van der Waals surface area contributed by atoms with Gasteiger partial charge in [-0.05, 0) is 17.9 Å². The van der Waals surface area contributed by atoms with Crippen LogP contribution < -0.4 is 0 Å². The molecule has 0 bridgehead atoms. The van der Waals surface area contributed by atoms with Crippen molar-refractivity contribution in [2.45, 2.75) is 12.3 Å². The van der Waals surface area contributed by atoms with E-state index in [-0.39, 0.29) is 0 Å². The molecule has 1 aliphatic rings. The van der Waals surface area contributed by atoms with Gasteiger partial charge in [-0.2, -0.15) is 0 Å². The Balaban J connectivity index is 2.16. The van der Waals surface area contributed by atoms with Crippen LogP contribution >= 0.6 is 0 Å². The average molecular weight is 142 g/mol. The van der Waals surface area contributed by atoms with Crippen molar-refractivity contribution in [2.75, 3.05) is 0 Å². The third kappa shape index (κ3) is 1.14. The summed E-state index contributed by atoms with van der Waals surface area (Å²) in [7, 11) is 0. The van der Waals surface area contributed by atoms with Crippen LogP contribution in [-0.2, 0) is 0 Å². The lowest BCUT2D eigenvalue weighted by atomic mass is 10.1. The molecule has 1 fully saturated rings. The van der Waals surface area contributed by atoms with Crippen LogP contribution in [0.1, 0.15) is 17.9 Å². The summed E-state index contributed by atoms with van der Waals surface area (Å²) in [6.07, 6.45) is 6.49. The molecule has 0 amide bonds. The third-order valence-corrected chi connectivity index (χ3v) is 2.23. The number of benzene rings is 1. The lowest BCUT2D eigenvalue weighted by molar-refractivity contribution is 1.04. The van der Waals surface area contributed by atoms with Crippen molar-refractivity contribution in [2.24, 2.45) is 5.92 Å². The van der Waals surface area contributed by atoms with E-state index in [1.165, 1.54) is 12.0 Å². The maximum absolute atomic E-state index is 5.31. The fraction of sp³-hybridized carbons (Fsp3) is 0.273. The van der Waals surface area contributed by atoms with Crippen LogP contribution in [0.3, 0.4) is 0 Å². The molecule has 0 heterocycles. The molecule has 0 nitrogen and oxygen atoms in total. The Labute approximate surface area is 67.2 Å². The predicted molar refractivity (Wildman–Crippen MR) is 46.1 cm³/mol. The molecule has 1 aromatic rings. The smallest absolute Gasteiger partial charge is 0.0275 e. The molecule has 0 heteroatoms. The van der Waals surface area contributed by atoms with Gasteiger partial charge in [-0.3, -0.25) is 0 Å². The van der Waals surface area contributed by atoms with E-state index in [9.17, 15) is 0 Å². The number of hydrogen-bond donors (Lipinski definition) is 0. The second-order valence-corrected chi connectivity index (χ2v) is 3.03. The van der Waals surface area contributed by atoms with Gasteiger partial charge in [0.15, 0.2) is 0 Å². The quantitative estimate of drug-likeness (QED) is 0.528. The van der Waals surface area contributed by atoms with E-state index in [1.54, 1.807) is 0 Å². The van der Waals surface area contributed by atoms with Gasteiger partial charge >= 0.3 is 0 Å². The van der Waals surface area contributed by atoms with E-state index >= 15 is 0 Å². The lowest BCUT2D eigenvalue weighted by Crippen LogP contribution is -1.78. The molecule has 11 heavy (non-hydrogen) atoms. The van der Waals surface area contributed by atoms with Crippen molar-refractivity contribution < 1.29 is 0 Å². The van der Waals surface area contributed by atoms with Crippen molar-refractivity contribution in [3.05, 3.63) is 35.9 Å². The summed E-state index contributed by atoms with van der Waals surface area (Å²) >= 11 is 0. The Morgan fingerprint density at radius 1 is 1.27 bits per heavy atom. The van der Waals surface area contributed by atoms with Crippen LogP contribution in [0.25, 0.3) is 0 Å². The maximum Gasteiger partial charge on any atom is 0.0275 e. The van der Waals surface area contributed by atoms with Gasteiger partial charge in [0.05, 0.1) is 0 Å². The van der Waals surface area contributed by atoms with Crippen molar-refractivity contribution in [3.8, 4) is 12.3 Å². The molecule has 0 saturated heterocycles. The normalized spacial score (nSPS) is 27.5. The monoisotopic (exact) mass is 142 g/mol. The van der Waals surface area contributed by atoms with Crippen LogP contribution in [-0.4, -0.2) is 0 Å². The predicted octanol–water partition coefficient (Wildman–Crippen LogP) is 2.42. The van der Waals surface area contributed by atoms with Crippen LogP contribution in [0.15, 0.2) is 30.3 Å². The first kappa shape index (κ1) is 6.49. The molecule has 1 saturated carbocycles. The molecule has 54 valence electrons. The second kappa shape index (κ2) is 2.43. The third-order valence-electron chi connectivity index (χ3n) is 2.23. The highest BCUT2D eigenvalue weighted by Crippen LogP contribution is 2.46. The molecule has 0 spiro atoms. The first-order chi connectivity index (χ1) is 5.42. The van der Waals surface area contributed by atoms with Crippen molar-refractivity contribution in [3.63, 3.8) is 0 Å². The molecule has 0 N–H and O–H groups in total.